The third-order valence-electron chi connectivity index (χ3n) is 4.25. The highest BCUT2D eigenvalue weighted by Crippen LogP contribution is 2.25. The second-order valence-corrected chi connectivity index (χ2v) is 7.05. The third kappa shape index (κ3) is 3.64. The first kappa shape index (κ1) is 17.5. The first-order valence-electron chi connectivity index (χ1n) is 8.82. The summed E-state index contributed by atoms with van der Waals surface area (Å²) >= 11 is 1.39. The van der Waals surface area contributed by atoms with Crippen LogP contribution in [0.25, 0.3) is 16.7 Å². The van der Waals surface area contributed by atoms with Gasteiger partial charge in [-0.2, -0.15) is 0 Å². The fourth-order valence-corrected chi connectivity index (χ4v) is 3.72. The van der Waals surface area contributed by atoms with Crippen LogP contribution >= 0.6 is 11.8 Å². The van der Waals surface area contributed by atoms with Crippen LogP contribution in [-0.4, -0.2) is 31.2 Å². The Morgan fingerprint density at radius 1 is 1.07 bits per heavy atom. The van der Waals surface area contributed by atoms with Gasteiger partial charge in [0.15, 0.2) is 5.65 Å². The number of hydrogen-bond donors (Lipinski definition) is 1. The largest absolute Gasteiger partial charge is 0.351 e. The van der Waals surface area contributed by atoms with Crippen molar-refractivity contribution in [2.24, 2.45) is 0 Å². The van der Waals surface area contributed by atoms with E-state index in [0.29, 0.717) is 12.2 Å². The SMILES string of the molecule is CCc1nnc2c(SCC(=O)NCc3ccccc3)nc3ccccc3n12. The number of nitrogens with one attached hydrogen (secondary N) is 1. The number of aromatic nitrogens is 4. The van der Waals surface area contributed by atoms with Crippen molar-refractivity contribution in [3.63, 3.8) is 0 Å². The Morgan fingerprint density at radius 2 is 1.85 bits per heavy atom. The zero-order valence-corrected chi connectivity index (χ0v) is 15.7. The minimum atomic E-state index is -0.0350. The monoisotopic (exact) mass is 377 g/mol. The van der Waals surface area contributed by atoms with Crippen LogP contribution in [0.15, 0.2) is 59.6 Å². The van der Waals surface area contributed by atoms with E-state index >= 15 is 0 Å². The van der Waals surface area contributed by atoms with Crippen LogP contribution in [0.5, 0.6) is 0 Å². The average Bonchev–Trinajstić information content (AvgIpc) is 3.16. The highest BCUT2D eigenvalue weighted by molar-refractivity contribution is 8.00. The van der Waals surface area contributed by atoms with Crippen molar-refractivity contribution < 1.29 is 4.79 Å². The van der Waals surface area contributed by atoms with Crippen molar-refractivity contribution in [3.8, 4) is 0 Å². The first-order chi connectivity index (χ1) is 13.3. The van der Waals surface area contributed by atoms with Crippen LogP contribution in [0, 0.1) is 0 Å². The zero-order valence-electron chi connectivity index (χ0n) is 14.9. The van der Waals surface area contributed by atoms with Crippen molar-refractivity contribution in [1.29, 1.82) is 0 Å². The summed E-state index contributed by atoms with van der Waals surface area (Å²) in [5.41, 5.74) is 3.62. The molecular formula is C20H19N5OS. The van der Waals surface area contributed by atoms with Crippen molar-refractivity contribution in [3.05, 3.63) is 66.0 Å². The molecule has 0 bridgehead atoms. The summed E-state index contributed by atoms with van der Waals surface area (Å²) in [4.78, 5) is 16.9. The Balaban J connectivity index is 1.54. The van der Waals surface area contributed by atoms with Crippen molar-refractivity contribution in [1.82, 2.24) is 24.9 Å². The van der Waals surface area contributed by atoms with E-state index in [1.54, 1.807) is 0 Å². The number of hydrogen-bond acceptors (Lipinski definition) is 5. The Morgan fingerprint density at radius 3 is 2.67 bits per heavy atom. The van der Waals surface area contributed by atoms with Crippen LogP contribution < -0.4 is 5.32 Å². The standard InChI is InChI=1S/C20H19N5OS/c1-2-17-23-24-19-20(22-15-10-6-7-11-16(15)25(17)19)27-13-18(26)21-12-14-8-4-3-5-9-14/h3-11H,2,12-13H2,1H3,(H,21,26). The van der Waals surface area contributed by atoms with E-state index in [-0.39, 0.29) is 11.7 Å². The smallest absolute Gasteiger partial charge is 0.230 e. The lowest BCUT2D eigenvalue weighted by molar-refractivity contribution is -0.118. The number of carbonyl (C=O) groups is 1. The van der Waals surface area contributed by atoms with Crippen LogP contribution in [0.2, 0.25) is 0 Å². The maximum Gasteiger partial charge on any atom is 0.230 e. The molecule has 6 nitrogen and oxygen atoms in total. The zero-order chi connectivity index (χ0) is 18.6. The summed E-state index contributed by atoms with van der Waals surface area (Å²) in [6.45, 7) is 2.57. The maximum absolute atomic E-state index is 12.2. The number of benzene rings is 2. The Kier molecular flexibility index (Phi) is 5.02. The number of carbonyl (C=O) groups excluding carboxylic acids is 1. The molecule has 0 atom stereocenters. The number of rotatable bonds is 6. The lowest BCUT2D eigenvalue weighted by Gasteiger charge is -2.08. The highest BCUT2D eigenvalue weighted by Gasteiger charge is 2.15. The molecule has 4 rings (SSSR count). The molecule has 0 aliphatic carbocycles. The normalized spacial score (nSPS) is 11.1. The fourth-order valence-electron chi connectivity index (χ4n) is 2.92. The molecule has 27 heavy (non-hydrogen) atoms. The van der Waals surface area contributed by atoms with Crippen molar-refractivity contribution >= 4 is 34.3 Å². The molecule has 2 aromatic carbocycles. The molecule has 0 spiro atoms. The molecule has 136 valence electrons. The minimum Gasteiger partial charge on any atom is -0.351 e. The number of nitrogens with zero attached hydrogens (tertiary/aromatic N) is 4. The van der Waals surface area contributed by atoms with Gasteiger partial charge in [-0.15, -0.1) is 10.2 Å². The van der Waals surface area contributed by atoms with Crippen LogP contribution in [-0.2, 0) is 17.8 Å². The van der Waals surface area contributed by atoms with E-state index < -0.39 is 0 Å². The van der Waals surface area contributed by atoms with E-state index in [0.717, 1.165) is 33.9 Å². The predicted octanol–water partition coefficient (Wildman–Crippen LogP) is 3.25. The Bertz CT molecular complexity index is 1090. The Hall–Kier alpha value is -2.93. The van der Waals surface area contributed by atoms with E-state index in [4.69, 9.17) is 4.98 Å². The van der Waals surface area contributed by atoms with E-state index in [9.17, 15) is 4.79 Å². The van der Waals surface area contributed by atoms with E-state index in [1.165, 1.54) is 11.8 Å². The van der Waals surface area contributed by atoms with Gasteiger partial charge in [-0.1, -0.05) is 61.2 Å². The molecule has 1 N–H and O–H groups in total. The number of aryl methyl sites for hydroxylation is 1. The summed E-state index contributed by atoms with van der Waals surface area (Å²) in [7, 11) is 0. The van der Waals surface area contributed by atoms with Gasteiger partial charge in [0.2, 0.25) is 5.91 Å². The molecule has 2 aromatic heterocycles. The number of thioether (sulfide) groups is 1. The molecule has 0 unspecified atom stereocenters. The lowest BCUT2D eigenvalue weighted by Crippen LogP contribution is -2.24. The van der Waals surface area contributed by atoms with Gasteiger partial charge in [-0.05, 0) is 17.7 Å². The minimum absolute atomic E-state index is 0.0350. The average molecular weight is 377 g/mol. The van der Waals surface area contributed by atoms with Gasteiger partial charge in [-0.3, -0.25) is 9.20 Å². The molecule has 2 heterocycles. The number of amides is 1. The first-order valence-corrected chi connectivity index (χ1v) is 9.81. The molecule has 0 aliphatic rings. The third-order valence-corrected chi connectivity index (χ3v) is 5.21. The predicted molar refractivity (Wildman–Crippen MR) is 107 cm³/mol. The van der Waals surface area contributed by atoms with E-state index in [2.05, 4.69) is 22.4 Å². The molecule has 0 radical (unpaired) electrons. The molecule has 1 amide bonds. The van der Waals surface area contributed by atoms with Crippen molar-refractivity contribution in [2.75, 3.05) is 5.75 Å². The number of fused-ring (bicyclic) bond motifs is 3. The van der Waals surface area contributed by atoms with Gasteiger partial charge in [0.25, 0.3) is 0 Å². The van der Waals surface area contributed by atoms with Gasteiger partial charge in [0, 0.05) is 13.0 Å². The van der Waals surface area contributed by atoms with Gasteiger partial charge < -0.3 is 5.32 Å². The van der Waals surface area contributed by atoms with Gasteiger partial charge >= 0.3 is 0 Å². The molecule has 0 saturated carbocycles. The summed E-state index contributed by atoms with van der Waals surface area (Å²) in [6, 6.07) is 17.8. The fraction of sp³-hybridized carbons (Fsp3) is 0.200. The molecule has 0 fully saturated rings. The molecule has 4 aromatic rings. The van der Waals surface area contributed by atoms with E-state index in [1.807, 2.05) is 59.0 Å². The lowest BCUT2D eigenvalue weighted by atomic mass is 10.2. The highest BCUT2D eigenvalue weighted by atomic mass is 32.2. The topological polar surface area (TPSA) is 72.2 Å². The van der Waals surface area contributed by atoms with Crippen molar-refractivity contribution in [2.45, 2.75) is 24.9 Å². The summed E-state index contributed by atoms with van der Waals surface area (Å²) in [5.74, 6) is 1.13. The summed E-state index contributed by atoms with van der Waals surface area (Å²) < 4.78 is 2.03. The van der Waals surface area contributed by atoms with Gasteiger partial charge in [-0.25, -0.2) is 4.98 Å². The van der Waals surface area contributed by atoms with Gasteiger partial charge in [0.05, 0.1) is 16.8 Å². The van der Waals surface area contributed by atoms with Crippen LogP contribution in [0.4, 0.5) is 0 Å². The summed E-state index contributed by atoms with van der Waals surface area (Å²) in [5, 5.41) is 12.3. The second kappa shape index (κ2) is 7.75. The van der Waals surface area contributed by atoms with Crippen LogP contribution in [0.3, 0.4) is 0 Å². The second-order valence-electron chi connectivity index (χ2n) is 6.09. The molecule has 0 aliphatic heterocycles. The maximum atomic E-state index is 12.2. The molecule has 7 heteroatoms. The Labute approximate surface area is 161 Å². The summed E-state index contributed by atoms with van der Waals surface area (Å²) in [6.07, 6.45) is 0.775. The van der Waals surface area contributed by atoms with Gasteiger partial charge in [0.1, 0.15) is 10.9 Å². The van der Waals surface area contributed by atoms with Crippen LogP contribution in [0.1, 0.15) is 18.3 Å². The molecular weight excluding hydrogens is 358 g/mol. The quantitative estimate of drug-likeness (QED) is 0.522. The number of para-hydroxylation sites is 2. The molecule has 0 saturated heterocycles.